The van der Waals surface area contributed by atoms with Crippen LogP contribution in [0, 0.1) is 0 Å². The highest BCUT2D eigenvalue weighted by Crippen LogP contribution is 2.28. The Morgan fingerprint density at radius 1 is 0.938 bits per heavy atom. The summed E-state index contributed by atoms with van der Waals surface area (Å²) in [5.41, 5.74) is 1.58. The van der Waals surface area contributed by atoms with E-state index in [0.717, 1.165) is 9.47 Å². The number of amides is 2. The summed E-state index contributed by atoms with van der Waals surface area (Å²) in [7, 11) is 0. The molecule has 32 heavy (non-hydrogen) atoms. The average molecular weight is 468 g/mol. The third kappa shape index (κ3) is 6.30. The summed E-state index contributed by atoms with van der Waals surface area (Å²) in [6.07, 6.45) is 6.15. The molecule has 3 N–H and O–H groups in total. The van der Waals surface area contributed by atoms with Gasteiger partial charge in [-0.1, -0.05) is 72.7 Å². The Bertz CT molecular complexity index is 1050. The third-order valence-electron chi connectivity index (χ3n) is 5.14. The minimum atomic E-state index is -0.276. The van der Waals surface area contributed by atoms with Crippen LogP contribution in [-0.2, 0) is 4.79 Å². The Morgan fingerprint density at radius 2 is 1.69 bits per heavy atom. The number of carbonyl (C=O) groups excluding carboxylic acids is 2. The number of thioether (sulfide) groups is 1. The molecule has 0 aliphatic heterocycles. The molecule has 7 nitrogen and oxygen atoms in total. The van der Waals surface area contributed by atoms with E-state index in [4.69, 9.17) is 0 Å². The lowest BCUT2D eigenvalue weighted by molar-refractivity contribution is -0.113. The molecule has 9 heteroatoms. The van der Waals surface area contributed by atoms with Crippen molar-refractivity contribution in [1.29, 1.82) is 0 Å². The smallest absolute Gasteiger partial charge is 0.257 e. The van der Waals surface area contributed by atoms with Crippen LogP contribution in [-0.4, -0.2) is 33.8 Å². The Labute approximate surface area is 195 Å². The molecule has 1 aromatic heterocycles. The van der Waals surface area contributed by atoms with E-state index in [1.165, 1.54) is 55.2 Å². The zero-order valence-corrected chi connectivity index (χ0v) is 19.2. The van der Waals surface area contributed by atoms with Crippen LogP contribution in [0.3, 0.4) is 0 Å². The molecule has 166 valence electrons. The standard InChI is InChI=1S/C23H25N5O2S2/c29-20(15-31-23-28-27-22(32-23)25-17-11-5-2-6-12-17)26-19-14-8-7-13-18(19)21(30)24-16-9-3-1-4-10-16/h1,3-4,7-10,13-14,17H,2,5-6,11-12,15H2,(H,24,30)(H,25,27)(H,26,29). The van der Waals surface area contributed by atoms with Gasteiger partial charge in [0.05, 0.1) is 17.0 Å². The molecule has 1 fully saturated rings. The SMILES string of the molecule is O=C(CSc1nnc(NC2CCCCC2)s1)Nc1ccccc1C(=O)Nc1ccccc1. The van der Waals surface area contributed by atoms with Crippen molar-refractivity contribution in [1.82, 2.24) is 10.2 Å². The fourth-order valence-corrected chi connectivity index (χ4v) is 5.20. The van der Waals surface area contributed by atoms with Crippen LogP contribution in [0.5, 0.6) is 0 Å². The fraction of sp³-hybridized carbons (Fsp3) is 0.304. The Balaban J connectivity index is 1.30. The van der Waals surface area contributed by atoms with Crippen LogP contribution >= 0.6 is 23.1 Å². The lowest BCUT2D eigenvalue weighted by Gasteiger charge is -2.21. The van der Waals surface area contributed by atoms with Crippen molar-refractivity contribution >= 4 is 51.4 Å². The fourth-order valence-electron chi connectivity index (χ4n) is 3.57. The first-order valence-electron chi connectivity index (χ1n) is 10.7. The number of carbonyl (C=O) groups is 2. The normalized spacial score (nSPS) is 14.0. The van der Waals surface area contributed by atoms with Crippen molar-refractivity contribution in [3.8, 4) is 0 Å². The second kappa shape index (κ2) is 11.1. The van der Waals surface area contributed by atoms with Crippen molar-refractivity contribution in [3.05, 3.63) is 60.2 Å². The Morgan fingerprint density at radius 3 is 2.50 bits per heavy atom. The zero-order valence-electron chi connectivity index (χ0n) is 17.5. The van der Waals surface area contributed by atoms with Crippen LogP contribution in [0.15, 0.2) is 58.9 Å². The van der Waals surface area contributed by atoms with E-state index in [1.807, 2.05) is 30.3 Å². The van der Waals surface area contributed by atoms with Crippen molar-refractivity contribution in [3.63, 3.8) is 0 Å². The van der Waals surface area contributed by atoms with E-state index in [-0.39, 0.29) is 17.6 Å². The monoisotopic (exact) mass is 467 g/mol. The van der Waals surface area contributed by atoms with Gasteiger partial charge in [0.2, 0.25) is 11.0 Å². The maximum absolute atomic E-state index is 12.7. The van der Waals surface area contributed by atoms with Gasteiger partial charge in [-0.3, -0.25) is 9.59 Å². The number of benzene rings is 2. The van der Waals surface area contributed by atoms with E-state index in [2.05, 4.69) is 26.1 Å². The highest BCUT2D eigenvalue weighted by molar-refractivity contribution is 8.01. The molecule has 1 aliphatic rings. The van der Waals surface area contributed by atoms with Crippen LogP contribution in [0.25, 0.3) is 0 Å². The van der Waals surface area contributed by atoms with E-state index in [1.54, 1.807) is 24.3 Å². The van der Waals surface area contributed by atoms with Crippen molar-refractivity contribution < 1.29 is 9.59 Å². The van der Waals surface area contributed by atoms with Crippen LogP contribution in [0.4, 0.5) is 16.5 Å². The number of anilines is 3. The molecule has 0 bridgehead atoms. The summed E-state index contributed by atoms with van der Waals surface area (Å²) in [4.78, 5) is 25.2. The second-order valence-electron chi connectivity index (χ2n) is 7.55. The number of rotatable bonds is 8. The van der Waals surface area contributed by atoms with E-state index in [0.29, 0.717) is 23.0 Å². The summed E-state index contributed by atoms with van der Waals surface area (Å²) >= 11 is 2.81. The van der Waals surface area contributed by atoms with Crippen LogP contribution < -0.4 is 16.0 Å². The molecule has 0 atom stereocenters. The van der Waals surface area contributed by atoms with Gasteiger partial charge in [0.15, 0.2) is 4.34 Å². The zero-order chi connectivity index (χ0) is 22.2. The summed E-state index contributed by atoms with van der Waals surface area (Å²) < 4.78 is 0.744. The average Bonchev–Trinajstić information content (AvgIpc) is 3.26. The molecule has 0 unspecified atom stereocenters. The first-order valence-corrected chi connectivity index (χ1v) is 12.5. The van der Waals surface area contributed by atoms with E-state index >= 15 is 0 Å². The predicted molar refractivity (Wildman–Crippen MR) is 131 cm³/mol. The molecule has 0 spiro atoms. The molecule has 0 radical (unpaired) electrons. The van der Waals surface area contributed by atoms with Crippen LogP contribution in [0.2, 0.25) is 0 Å². The maximum atomic E-state index is 12.7. The molecule has 3 aromatic rings. The lowest BCUT2D eigenvalue weighted by atomic mass is 9.96. The summed E-state index contributed by atoms with van der Waals surface area (Å²) in [6.45, 7) is 0. The summed E-state index contributed by atoms with van der Waals surface area (Å²) in [5.74, 6) is -0.290. The van der Waals surface area contributed by atoms with Crippen molar-refractivity contribution in [2.45, 2.75) is 42.5 Å². The highest BCUT2D eigenvalue weighted by atomic mass is 32.2. The molecule has 2 aromatic carbocycles. The summed E-state index contributed by atoms with van der Waals surface area (Å²) in [6, 6.07) is 16.7. The van der Waals surface area contributed by atoms with Gasteiger partial charge >= 0.3 is 0 Å². The highest BCUT2D eigenvalue weighted by Gasteiger charge is 2.17. The third-order valence-corrected chi connectivity index (χ3v) is 7.13. The molecule has 4 rings (SSSR count). The van der Waals surface area contributed by atoms with Gasteiger partial charge in [-0.25, -0.2) is 0 Å². The number of hydrogen-bond acceptors (Lipinski definition) is 7. The van der Waals surface area contributed by atoms with Crippen LogP contribution in [0.1, 0.15) is 42.5 Å². The molecule has 2 amide bonds. The molecular weight excluding hydrogens is 442 g/mol. The first kappa shape index (κ1) is 22.3. The largest absolute Gasteiger partial charge is 0.357 e. The number of nitrogens with zero attached hydrogens (tertiary/aromatic N) is 2. The number of nitrogens with one attached hydrogen (secondary N) is 3. The molecular formula is C23H25N5O2S2. The van der Waals surface area contributed by atoms with Gasteiger partial charge < -0.3 is 16.0 Å². The Kier molecular flexibility index (Phi) is 7.73. The number of aromatic nitrogens is 2. The van der Waals surface area contributed by atoms with Gasteiger partial charge in [0.25, 0.3) is 5.91 Å². The maximum Gasteiger partial charge on any atom is 0.257 e. The predicted octanol–water partition coefficient (Wildman–Crippen LogP) is 5.27. The topological polar surface area (TPSA) is 96.0 Å². The molecule has 0 saturated heterocycles. The Hall–Kier alpha value is -2.91. The van der Waals surface area contributed by atoms with E-state index in [9.17, 15) is 9.59 Å². The molecule has 1 heterocycles. The van der Waals surface area contributed by atoms with E-state index < -0.39 is 0 Å². The van der Waals surface area contributed by atoms with Gasteiger partial charge in [-0.15, -0.1) is 10.2 Å². The number of para-hydroxylation sites is 2. The quantitative estimate of drug-likeness (QED) is 0.391. The van der Waals surface area contributed by atoms with Crippen molar-refractivity contribution in [2.75, 3.05) is 21.7 Å². The minimum absolute atomic E-state index is 0.187. The minimum Gasteiger partial charge on any atom is -0.357 e. The van der Waals surface area contributed by atoms with Gasteiger partial charge in [-0.2, -0.15) is 0 Å². The van der Waals surface area contributed by atoms with Gasteiger partial charge in [0.1, 0.15) is 0 Å². The second-order valence-corrected chi connectivity index (χ2v) is 9.75. The first-order chi connectivity index (χ1) is 15.7. The summed E-state index contributed by atoms with van der Waals surface area (Å²) in [5, 5.41) is 18.3. The lowest BCUT2D eigenvalue weighted by Crippen LogP contribution is -2.21. The molecule has 1 saturated carbocycles. The molecule has 1 aliphatic carbocycles. The van der Waals surface area contributed by atoms with Crippen molar-refractivity contribution in [2.24, 2.45) is 0 Å². The van der Waals surface area contributed by atoms with Gasteiger partial charge in [-0.05, 0) is 37.1 Å². The van der Waals surface area contributed by atoms with Gasteiger partial charge in [0, 0.05) is 11.7 Å². The number of hydrogen-bond donors (Lipinski definition) is 3.